The van der Waals surface area contributed by atoms with Crippen molar-refractivity contribution in [2.24, 2.45) is 10.7 Å². The molecule has 0 fully saturated rings. The summed E-state index contributed by atoms with van der Waals surface area (Å²) in [6.07, 6.45) is 3.66. The molecule has 0 radical (unpaired) electrons. The van der Waals surface area contributed by atoms with Gasteiger partial charge in [-0.3, -0.25) is 0 Å². The first-order chi connectivity index (χ1) is 10.7. The van der Waals surface area contributed by atoms with Gasteiger partial charge < -0.3 is 15.8 Å². The van der Waals surface area contributed by atoms with Gasteiger partial charge in [-0.25, -0.2) is 4.99 Å². The summed E-state index contributed by atoms with van der Waals surface area (Å²) >= 11 is 0. The van der Waals surface area contributed by atoms with Gasteiger partial charge in [-0.05, 0) is 60.2 Å². The molecule has 0 atom stereocenters. The SMILES string of the molecule is COc1ccc(NC(N)=NCc2ccc3c(c2)CCC3)cc1. The molecule has 0 saturated carbocycles. The fraction of sp³-hybridized carbons (Fsp3) is 0.278. The van der Waals surface area contributed by atoms with Crippen molar-refractivity contribution >= 4 is 11.6 Å². The van der Waals surface area contributed by atoms with E-state index in [0.717, 1.165) is 11.4 Å². The average Bonchev–Trinajstić information content (AvgIpc) is 3.01. The highest BCUT2D eigenvalue weighted by Gasteiger charge is 2.10. The summed E-state index contributed by atoms with van der Waals surface area (Å²) in [6.45, 7) is 0.599. The smallest absolute Gasteiger partial charge is 0.193 e. The van der Waals surface area contributed by atoms with Gasteiger partial charge in [-0.2, -0.15) is 0 Å². The third-order valence-electron chi connectivity index (χ3n) is 3.96. The van der Waals surface area contributed by atoms with Crippen LogP contribution < -0.4 is 15.8 Å². The van der Waals surface area contributed by atoms with Gasteiger partial charge in [0.25, 0.3) is 0 Å². The van der Waals surface area contributed by atoms with Crippen molar-refractivity contribution in [1.82, 2.24) is 0 Å². The van der Waals surface area contributed by atoms with Crippen LogP contribution in [0.4, 0.5) is 5.69 Å². The van der Waals surface area contributed by atoms with Crippen LogP contribution in [0.25, 0.3) is 0 Å². The van der Waals surface area contributed by atoms with Gasteiger partial charge in [0.05, 0.1) is 13.7 Å². The lowest BCUT2D eigenvalue weighted by Gasteiger charge is -2.07. The fourth-order valence-electron chi connectivity index (χ4n) is 2.76. The highest BCUT2D eigenvalue weighted by atomic mass is 16.5. The number of hydrogen-bond acceptors (Lipinski definition) is 2. The Hall–Kier alpha value is -2.49. The molecule has 2 aromatic rings. The van der Waals surface area contributed by atoms with Crippen LogP contribution in [0.3, 0.4) is 0 Å². The van der Waals surface area contributed by atoms with Gasteiger partial charge >= 0.3 is 0 Å². The molecule has 0 heterocycles. The first kappa shape index (κ1) is 14.4. The molecule has 2 aromatic carbocycles. The number of anilines is 1. The number of guanidine groups is 1. The Balaban J connectivity index is 1.61. The van der Waals surface area contributed by atoms with Gasteiger partial charge in [0.1, 0.15) is 5.75 Å². The minimum atomic E-state index is 0.422. The number of aliphatic imine (C=N–C) groups is 1. The van der Waals surface area contributed by atoms with Crippen LogP contribution in [-0.4, -0.2) is 13.1 Å². The molecule has 0 amide bonds. The van der Waals surface area contributed by atoms with Crippen LogP contribution in [0, 0.1) is 0 Å². The number of aryl methyl sites for hydroxylation is 2. The van der Waals surface area contributed by atoms with Crippen molar-refractivity contribution in [1.29, 1.82) is 0 Å². The molecule has 4 nitrogen and oxygen atoms in total. The Morgan fingerprint density at radius 1 is 1.14 bits per heavy atom. The van der Waals surface area contributed by atoms with E-state index in [4.69, 9.17) is 10.5 Å². The summed E-state index contributed by atoms with van der Waals surface area (Å²) in [4.78, 5) is 4.41. The quantitative estimate of drug-likeness (QED) is 0.673. The fourth-order valence-corrected chi connectivity index (χ4v) is 2.76. The second kappa shape index (κ2) is 6.52. The van der Waals surface area contributed by atoms with Crippen molar-refractivity contribution in [3.63, 3.8) is 0 Å². The zero-order valence-corrected chi connectivity index (χ0v) is 12.8. The highest BCUT2D eigenvalue weighted by Crippen LogP contribution is 2.23. The second-order valence-corrected chi connectivity index (χ2v) is 5.51. The summed E-state index contributed by atoms with van der Waals surface area (Å²) in [5.41, 5.74) is 11.0. The Kier molecular flexibility index (Phi) is 4.28. The van der Waals surface area contributed by atoms with Crippen molar-refractivity contribution in [2.45, 2.75) is 25.8 Å². The lowest BCUT2D eigenvalue weighted by Crippen LogP contribution is -2.22. The van der Waals surface area contributed by atoms with Gasteiger partial charge in [-0.1, -0.05) is 18.2 Å². The van der Waals surface area contributed by atoms with E-state index in [2.05, 4.69) is 28.5 Å². The topological polar surface area (TPSA) is 59.6 Å². The molecule has 4 heteroatoms. The predicted molar refractivity (Wildman–Crippen MR) is 90.4 cm³/mol. The van der Waals surface area contributed by atoms with E-state index in [1.807, 2.05) is 24.3 Å². The summed E-state index contributed by atoms with van der Waals surface area (Å²) in [5, 5.41) is 3.09. The third kappa shape index (κ3) is 3.39. The number of rotatable bonds is 4. The number of nitrogens with one attached hydrogen (secondary N) is 1. The molecular formula is C18H21N3O. The highest BCUT2D eigenvalue weighted by molar-refractivity contribution is 5.92. The van der Waals surface area contributed by atoms with Crippen LogP contribution in [0.2, 0.25) is 0 Å². The Bertz CT molecular complexity index is 677. The van der Waals surface area contributed by atoms with E-state index < -0.39 is 0 Å². The van der Waals surface area contributed by atoms with Crippen LogP contribution in [0.15, 0.2) is 47.5 Å². The largest absolute Gasteiger partial charge is 0.497 e. The minimum absolute atomic E-state index is 0.422. The summed E-state index contributed by atoms with van der Waals surface area (Å²) < 4.78 is 5.13. The number of ether oxygens (including phenoxy) is 1. The molecule has 0 saturated heterocycles. The number of methoxy groups -OCH3 is 1. The molecule has 0 unspecified atom stereocenters. The average molecular weight is 295 g/mol. The van der Waals surface area contributed by atoms with Gasteiger partial charge in [0, 0.05) is 5.69 Å². The van der Waals surface area contributed by atoms with Crippen molar-refractivity contribution in [3.8, 4) is 5.75 Å². The van der Waals surface area contributed by atoms with Crippen molar-refractivity contribution in [3.05, 3.63) is 59.2 Å². The normalized spacial score (nSPS) is 13.8. The summed E-state index contributed by atoms with van der Waals surface area (Å²) in [7, 11) is 1.65. The van der Waals surface area contributed by atoms with E-state index in [1.54, 1.807) is 7.11 Å². The molecule has 114 valence electrons. The zero-order valence-electron chi connectivity index (χ0n) is 12.8. The molecule has 0 aromatic heterocycles. The number of benzene rings is 2. The maximum absolute atomic E-state index is 5.94. The van der Waals surface area contributed by atoms with Crippen LogP contribution in [0.5, 0.6) is 5.75 Å². The van der Waals surface area contributed by atoms with E-state index in [1.165, 1.54) is 36.0 Å². The van der Waals surface area contributed by atoms with Crippen LogP contribution in [-0.2, 0) is 19.4 Å². The Labute approximate surface area is 131 Å². The van der Waals surface area contributed by atoms with Crippen molar-refractivity contribution < 1.29 is 4.74 Å². The lowest BCUT2D eigenvalue weighted by atomic mass is 10.1. The Morgan fingerprint density at radius 3 is 2.68 bits per heavy atom. The number of fused-ring (bicyclic) bond motifs is 1. The molecule has 22 heavy (non-hydrogen) atoms. The Morgan fingerprint density at radius 2 is 1.91 bits per heavy atom. The predicted octanol–water partition coefficient (Wildman–Crippen LogP) is 3.11. The molecule has 3 N–H and O–H groups in total. The van der Waals surface area contributed by atoms with Gasteiger partial charge in [0.2, 0.25) is 0 Å². The summed E-state index contributed by atoms with van der Waals surface area (Å²) in [6, 6.07) is 14.2. The molecule has 0 aliphatic heterocycles. The van der Waals surface area contributed by atoms with Crippen molar-refractivity contribution in [2.75, 3.05) is 12.4 Å². The van der Waals surface area contributed by atoms with Gasteiger partial charge in [-0.15, -0.1) is 0 Å². The number of hydrogen-bond donors (Lipinski definition) is 2. The zero-order chi connectivity index (χ0) is 15.4. The third-order valence-corrected chi connectivity index (χ3v) is 3.96. The summed E-state index contributed by atoms with van der Waals surface area (Å²) in [5.74, 6) is 1.24. The minimum Gasteiger partial charge on any atom is -0.497 e. The standard InChI is InChI=1S/C18H21N3O/c1-22-17-9-7-16(8-10-17)21-18(19)20-12-13-5-6-14-3-2-4-15(14)11-13/h5-11H,2-4,12H2,1H3,(H3,19,20,21). The number of nitrogens with zero attached hydrogens (tertiary/aromatic N) is 1. The van der Waals surface area contributed by atoms with E-state index in [0.29, 0.717) is 12.5 Å². The lowest BCUT2D eigenvalue weighted by molar-refractivity contribution is 0.415. The molecule has 3 rings (SSSR count). The molecule has 0 bridgehead atoms. The van der Waals surface area contributed by atoms with Gasteiger partial charge in [0.15, 0.2) is 5.96 Å². The molecule has 1 aliphatic rings. The molecule has 0 spiro atoms. The van der Waals surface area contributed by atoms with E-state index in [-0.39, 0.29) is 0 Å². The number of nitrogens with two attached hydrogens (primary N) is 1. The van der Waals surface area contributed by atoms with Crippen LogP contribution >= 0.6 is 0 Å². The first-order valence-corrected chi connectivity index (χ1v) is 7.56. The second-order valence-electron chi connectivity index (χ2n) is 5.51. The maximum Gasteiger partial charge on any atom is 0.193 e. The van der Waals surface area contributed by atoms with E-state index in [9.17, 15) is 0 Å². The van der Waals surface area contributed by atoms with Crippen LogP contribution in [0.1, 0.15) is 23.1 Å². The monoisotopic (exact) mass is 295 g/mol. The maximum atomic E-state index is 5.94. The molecule has 1 aliphatic carbocycles. The first-order valence-electron chi connectivity index (χ1n) is 7.56. The van der Waals surface area contributed by atoms with E-state index >= 15 is 0 Å². The molecular weight excluding hydrogens is 274 g/mol.